The van der Waals surface area contributed by atoms with Crippen LogP contribution in [-0.4, -0.2) is 38.3 Å². The molecular formula is C17H26N2O4S. The molecule has 7 heteroatoms. The highest BCUT2D eigenvalue weighted by molar-refractivity contribution is 7.89. The van der Waals surface area contributed by atoms with Gasteiger partial charge in [0.1, 0.15) is 10.6 Å². The van der Waals surface area contributed by atoms with Gasteiger partial charge in [-0.3, -0.25) is 4.79 Å². The zero-order chi connectivity index (χ0) is 17.7. The van der Waals surface area contributed by atoms with Gasteiger partial charge in [0, 0.05) is 24.7 Å². The van der Waals surface area contributed by atoms with Gasteiger partial charge in [0.05, 0.1) is 6.61 Å². The summed E-state index contributed by atoms with van der Waals surface area (Å²) in [5, 5.41) is 2.79. The summed E-state index contributed by atoms with van der Waals surface area (Å²) in [7, 11) is -3.62. The van der Waals surface area contributed by atoms with Crippen molar-refractivity contribution in [1.29, 1.82) is 0 Å². The number of amides is 1. The van der Waals surface area contributed by atoms with Gasteiger partial charge in [0.25, 0.3) is 0 Å². The van der Waals surface area contributed by atoms with E-state index in [4.69, 9.17) is 4.74 Å². The summed E-state index contributed by atoms with van der Waals surface area (Å²) in [6.45, 7) is 7.01. The van der Waals surface area contributed by atoms with E-state index >= 15 is 0 Å². The van der Waals surface area contributed by atoms with E-state index in [2.05, 4.69) is 5.32 Å². The molecule has 1 fully saturated rings. The van der Waals surface area contributed by atoms with Crippen molar-refractivity contribution in [3.63, 3.8) is 0 Å². The summed E-state index contributed by atoms with van der Waals surface area (Å²) >= 11 is 0. The number of carbonyl (C=O) groups excluding carboxylic acids is 1. The number of ether oxygens (including phenoxy) is 1. The molecule has 6 nitrogen and oxygen atoms in total. The SMILES string of the molecule is CCOc1ccc(NC(=O)C(C)CC)cc1S(=O)(=O)N1CCCC1. The molecule has 1 atom stereocenters. The fraction of sp³-hybridized carbons (Fsp3) is 0.588. The summed E-state index contributed by atoms with van der Waals surface area (Å²) in [5.41, 5.74) is 0.474. The molecule has 0 saturated carbocycles. The molecule has 1 N–H and O–H groups in total. The maximum Gasteiger partial charge on any atom is 0.246 e. The highest BCUT2D eigenvalue weighted by Gasteiger charge is 2.30. The number of nitrogens with one attached hydrogen (secondary N) is 1. The average molecular weight is 354 g/mol. The topological polar surface area (TPSA) is 75.7 Å². The first kappa shape index (κ1) is 18.7. The highest BCUT2D eigenvalue weighted by Crippen LogP contribution is 2.31. The van der Waals surface area contributed by atoms with E-state index in [0.29, 0.717) is 31.1 Å². The third-order valence-corrected chi connectivity index (χ3v) is 6.17. The predicted molar refractivity (Wildman–Crippen MR) is 93.7 cm³/mol. The van der Waals surface area contributed by atoms with Crippen LogP contribution in [0.15, 0.2) is 23.1 Å². The number of hydrogen-bond acceptors (Lipinski definition) is 4. The lowest BCUT2D eigenvalue weighted by atomic mass is 10.1. The predicted octanol–water partition coefficient (Wildman–Crippen LogP) is 2.85. The van der Waals surface area contributed by atoms with Crippen molar-refractivity contribution in [3.8, 4) is 5.75 Å². The molecule has 1 saturated heterocycles. The summed E-state index contributed by atoms with van der Waals surface area (Å²) in [6, 6.07) is 4.78. The molecular weight excluding hydrogens is 328 g/mol. The van der Waals surface area contributed by atoms with E-state index in [0.717, 1.165) is 19.3 Å². The Hall–Kier alpha value is -1.60. The first-order chi connectivity index (χ1) is 11.4. The van der Waals surface area contributed by atoms with Crippen molar-refractivity contribution >= 4 is 21.6 Å². The summed E-state index contributed by atoms with van der Waals surface area (Å²) in [5.74, 6) is 0.0762. The van der Waals surface area contributed by atoms with Crippen molar-refractivity contribution < 1.29 is 17.9 Å². The van der Waals surface area contributed by atoms with Crippen LogP contribution in [0.25, 0.3) is 0 Å². The van der Waals surface area contributed by atoms with Gasteiger partial charge in [-0.15, -0.1) is 0 Å². The number of nitrogens with zero attached hydrogens (tertiary/aromatic N) is 1. The molecule has 1 aliphatic heterocycles. The van der Waals surface area contributed by atoms with E-state index in [9.17, 15) is 13.2 Å². The van der Waals surface area contributed by atoms with Gasteiger partial charge in [0.2, 0.25) is 15.9 Å². The molecule has 134 valence electrons. The smallest absolute Gasteiger partial charge is 0.246 e. The Balaban J connectivity index is 2.36. The largest absolute Gasteiger partial charge is 0.492 e. The van der Waals surface area contributed by atoms with E-state index in [1.807, 2.05) is 20.8 Å². The summed E-state index contributed by atoms with van der Waals surface area (Å²) in [6.07, 6.45) is 2.46. The minimum atomic E-state index is -3.62. The van der Waals surface area contributed by atoms with Crippen LogP contribution in [0.4, 0.5) is 5.69 Å². The standard InChI is InChI=1S/C17H26N2O4S/c1-4-13(3)17(20)18-14-8-9-15(23-5-2)16(12-14)24(21,22)19-10-6-7-11-19/h8-9,12-13H,4-7,10-11H2,1-3H3,(H,18,20). The lowest BCUT2D eigenvalue weighted by Crippen LogP contribution is -2.28. The Morgan fingerprint density at radius 1 is 1.29 bits per heavy atom. The monoisotopic (exact) mass is 354 g/mol. The highest BCUT2D eigenvalue weighted by atomic mass is 32.2. The van der Waals surface area contributed by atoms with Gasteiger partial charge in [-0.2, -0.15) is 4.31 Å². The van der Waals surface area contributed by atoms with Crippen molar-refractivity contribution in [2.24, 2.45) is 5.92 Å². The van der Waals surface area contributed by atoms with Crippen molar-refractivity contribution in [2.45, 2.75) is 44.9 Å². The Labute approximate surface area is 144 Å². The Bertz CT molecular complexity index is 682. The Kier molecular flexibility index (Phi) is 6.23. The Morgan fingerprint density at radius 2 is 1.96 bits per heavy atom. The summed E-state index contributed by atoms with van der Waals surface area (Å²) in [4.78, 5) is 12.2. The molecule has 1 amide bonds. The fourth-order valence-electron chi connectivity index (χ4n) is 2.58. The van der Waals surface area contributed by atoms with Gasteiger partial charge in [-0.05, 0) is 44.4 Å². The van der Waals surface area contributed by atoms with Crippen LogP contribution in [0, 0.1) is 5.92 Å². The molecule has 0 aromatic heterocycles. The number of hydrogen-bond donors (Lipinski definition) is 1. The second-order valence-corrected chi connectivity index (χ2v) is 7.91. The normalized spacial score (nSPS) is 16.8. The number of rotatable bonds is 7. The van der Waals surface area contributed by atoms with Gasteiger partial charge >= 0.3 is 0 Å². The molecule has 0 radical (unpaired) electrons. The molecule has 1 heterocycles. The van der Waals surface area contributed by atoms with Crippen LogP contribution in [0.1, 0.15) is 40.0 Å². The van der Waals surface area contributed by atoms with Crippen LogP contribution >= 0.6 is 0 Å². The molecule has 1 aromatic carbocycles. The second kappa shape index (κ2) is 7.98. The molecule has 0 aliphatic carbocycles. The fourth-order valence-corrected chi connectivity index (χ4v) is 4.25. The van der Waals surface area contributed by atoms with Crippen LogP contribution in [0.2, 0.25) is 0 Å². The van der Waals surface area contributed by atoms with Crippen molar-refractivity contribution in [1.82, 2.24) is 4.31 Å². The molecule has 24 heavy (non-hydrogen) atoms. The third-order valence-electron chi connectivity index (χ3n) is 4.25. The van der Waals surface area contributed by atoms with Crippen LogP contribution in [-0.2, 0) is 14.8 Å². The quantitative estimate of drug-likeness (QED) is 0.817. The van der Waals surface area contributed by atoms with E-state index in [-0.39, 0.29) is 16.7 Å². The van der Waals surface area contributed by atoms with Crippen LogP contribution in [0.3, 0.4) is 0 Å². The number of carbonyl (C=O) groups is 1. The first-order valence-corrected chi connectivity index (χ1v) is 9.92. The maximum atomic E-state index is 12.9. The molecule has 1 unspecified atom stereocenters. The molecule has 1 aromatic rings. The minimum Gasteiger partial charge on any atom is -0.492 e. The number of sulfonamides is 1. The zero-order valence-electron chi connectivity index (χ0n) is 14.5. The number of anilines is 1. The van der Waals surface area contributed by atoms with Gasteiger partial charge in [-0.1, -0.05) is 13.8 Å². The molecule has 0 spiro atoms. The van der Waals surface area contributed by atoms with Gasteiger partial charge in [0.15, 0.2) is 0 Å². The van der Waals surface area contributed by atoms with Gasteiger partial charge < -0.3 is 10.1 Å². The molecule has 2 rings (SSSR count). The average Bonchev–Trinajstić information content (AvgIpc) is 3.10. The van der Waals surface area contributed by atoms with Gasteiger partial charge in [-0.25, -0.2) is 8.42 Å². The Morgan fingerprint density at radius 3 is 2.54 bits per heavy atom. The summed E-state index contributed by atoms with van der Waals surface area (Å²) < 4.78 is 32.8. The van der Waals surface area contributed by atoms with E-state index in [1.165, 1.54) is 10.4 Å². The second-order valence-electron chi connectivity index (χ2n) is 6.00. The zero-order valence-corrected chi connectivity index (χ0v) is 15.4. The lowest BCUT2D eigenvalue weighted by molar-refractivity contribution is -0.119. The van der Waals surface area contributed by atoms with Crippen LogP contribution in [0.5, 0.6) is 5.75 Å². The van der Waals surface area contributed by atoms with Crippen molar-refractivity contribution in [2.75, 3.05) is 25.0 Å². The maximum absolute atomic E-state index is 12.9. The van der Waals surface area contributed by atoms with E-state index in [1.54, 1.807) is 12.1 Å². The molecule has 0 bridgehead atoms. The minimum absolute atomic E-state index is 0.119. The van der Waals surface area contributed by atoms with Crippen LogP contribution < -0.4 is 10.1 Å². The first-order valence-electron chi connectivity index (χ1n) is 8.48. The number of benzene rings is 1. The van der Waals surface area contributed by atoms with Crippen molar-refractivity contribution in [3.05, 3.63) is 18.2 Å². The third kappa shape index (κ3) is 4.08. The molecule has 1 aliphatic rings. The van der Waals surface area contributed by atoms with E-state index < -0.39 is 10.0 Å². The lowest BCUT2D eigenvalue weighted by Gasteiger charge is -2.19.